The summed E-state index contributed by atoms with van der Waals surface area (Å²) in [5.74, 6) is 1.61. The minimum Gasteiger partial charge on any atom is -0.496 e. The van der Waals surface area contributed by atoms with Gasteiger partial charge in [-0.25, -0.2) is 4.79 Å². The van der Waals surface area contributed by atoms with E-state index in [2.05, 4.69) is 15.5 Å². The number of anilines is 1. The highest BCUT2D eigenvalue weighted by molar-refractivity contribution is 5.75. The average Bonchev–Trinajstić information content (AvgIpc) is 2.92. The van der Waals surface area contributed by atoms with Gasteiger partial charge in [0.25, 0.3) is 0 Å². The third-order valence-electron chi connectivity index (χ3n) is 2.93. The smallest absolute Gasteiger partial charge is 0.404 e. The van der Waals surface area contributed by atoms with Crippen LogP contribution in [0.5, 0.6) is 11.5 Å². The Morgan fingerprint density at radius 1 is 1.45 bits per heavy atom. The molecule has 2 rings (SSSR count). The molecule has 0 unspecified atom stereocenters. The Hall–Kier alpha value is -2.90. The fraction of sp³-hybridized carbons (Fsp3) is 0.286. The molecule has 1 aromatic carbocycles. The first-order chi connectivity index (χ1) is 10.6. The van der Waals surface area contributed by atoms with Gasteiger partial charge in [0.05, 0.1) is 25.0 Å². The minimum absolute atomic E-state index is 0.325. The minimum atomic E-state index is -1.05. The molecule has 2 aromatic rings. The number of nitrogens with one attached hydrogen (secondary N) is 2. The summed E-state index contributed by atoms with van der Waals surface area (Å²) >= 11 is 0. The number of amides is 1. The van der Waals surface area contributed by atoms with Gasteiger partial charge in [-0.3, -0.25) is 5.10 Å². The van der Waals surface area contributed by atoms with E-state index < -0.39 is 6.09 Å². The third-order valence-corrected chi connectivity index (χ3v) is 2.93. The van der Waals surface area contributed by atoms with Gasteiger partial charge in [0, 0.05) is 12.6 Å². The molecule has 0 fully saturated rings. The van der Waals surface area contributed by atoms with Crippen LogP contribution in [0.1, 0.15) is 6.42 Å². The number of carboxylic acid groups (broad SMARTS) is 1. The van der Waals surface area contributed by atoms with E-state index in [0.29, 0.717) is 42.6 Å². The van der Waals surface area contributed by atoms with Gasteiger partial charge in [0.15, 0.2) is 0 Å². The number of methoxy groups -OCH3 is 1. The van der Waals surface area contributed by atoms with Crippen LogP contribution in [0.2, 0.25) is 0 Å². The maximum Gasteiger partial charge on any atom is 0.404 e. The van der Waals surface area contributed by atoms with E-state index >= 15 is 0 Å². The van der Waals surface area contributed by atoms with Gasteiger partial charge < -0.3 is 25.6 Å². The molecule has 1 aromatic heterocycles. The molecule has 0 aliphatic heterocycles. The van der Waals surface area contributed by atoms with Crippen molar-refractivity contribution in [2.24, 2.45) is 0 Å². The van der Waals surface area contributed by atoms with Crippen molar-refractivity contribution in [3.63, 3.8) is 0 Å². The molecule has 0 spiro atoms. The first-order valence-electron chi connectivity index (χ1n) is 6.69. The van der Waals surface area contributed by atoms with Crippen LogP contribution in [0.15, 0.2) is 24.3 Å². The van der Waals surface area contributed by atoms with E-state index in [1.165, 1.54) is 0 Å². The number of nitrogen functional groups attached to an aromatic ring is 1. The second-order valence-corrected chi connectivity index (χ2v) is 4.47. The molecular formula is C14H18N4O4. The lowest BCUT2D eigenvalue weighted by Gasteiger charge is -2.13. The van der Waals surface area contributed by atoms with E-state index in [1.807, 2.05) is 12.1 Å². The van der Waals surface area contributed by atoms with Crippen molar-refractivity contribution in [1.82, 2.24) is 15.5 Å². The van der Waals surface area contributed by atoms with E-state index in [-0.39, 0.29) is 0 Å². The Balaban J connectivity index is 2.12. The first-order valence-corrected chi connectivity index (χ1v) is 6.69. The molecule has 0 bridgehead atoms. The summed E-state index contributed by atoms with van der Waals surface area (Å²) in [6.07, 6.45) is -0.497. The number of H-pyrrole nitrogens is 1. The van der Waals surface area contributed by atoms with Gasteiger partial charge in [-0.2, -0.15) is 5.10 Å². The predicted octanol–water partition coefficient (Wildman–Crippen LogP) is 1.70. The van der Waals surface area contributed by atoms with Crippen molar-refractivity contribution >= 4 is 11.9 Å². The molecule has 8 nitrogen and oxygen atoms in total. The maximum absolute atomic E-state index is 10.4. The lowest BCUT2D eigenvalue weighted by molar-refractivity contribution is 0.193. The Kier molecular flexibility index (Phi) is 5.07. The van der Waals surface area contributed by atoms with E-state index in [9.17, 15) is 4.79 Å². The summed E-state index contributed by atoms with van der Waals surface area (Å²) in [5, 5.41) is 17.5. The fourth-order valence-corrected chi connectivity index (χ4v) is 1.98. The molecule has 118 valence electrons. The van der Waals surface area contributed by atoms with E-state index in [1.54, 1.807) is 19.2 Å². The summed E-state index contributed by atoms with van der Waals surface area (Å²) < 4.78 is 11.1. The molecule has 0 saturated carbocycles. The number of aromatic amines is 1. The standard InChI is InChI=1S/C14H18N4O4/c1-21-10-4-2-5-11(22-7-3-6-16-14(19)20)13(10)9-8-12(15)18-17-9/h2,4-5,8,16H,3,6-7H2,1H3,(H,19,20)(H3,15,17,18). The van der Waals surface area contributed by atoms with Crippen molar-refractivity contribution < 1.29 is 19.4 Å². The lowest BCUT2D eigenvalue weighted by Crippen LogP contribution is -2.23. The zero-order valence-corrected chi connectivity index (χ0v) is 12.1. The third kappa shape index (κ3) is 3.81. The number of carbonyl (C=O) groups is 1. The molecule has 1 heterocycles. The van der Waals surface area contributed by atoms with E-state index in [0.717, 1.165) is 5.56 Å². The van der Waals surface area contributed by atoms with Gasteiger partial charge in [0.2, 0.25) is 0 Å². The quantitative estimate of drug-likeness (QED) is 0.577. The predicted molar refractivity (Wildman–Crippen MR) is 81.1 cm³/mol. The van der Waals surface area contributed by atoms with Gasteiger partial charge in [0.1, 0.15) is 17.3 Å². The molecule has 5 N–H and O–H groups in total. The summed E-state index contributed by atoms with van der Waals surface area (Å²) in [4.78, 5) is 10.4. The molecule has 8 heteroatoms. The number of nitrogens with zero attached hydrogens (tertiary/aromatic N) is 1. The number of aromatic nitrogens is 2. The highest BCUT2D eigenvalue weighted by Crippen LogP contribution is 2.37. The van der Waals surface area contributed by atoms with Crippen LogP contribution >= 0.6 is 0 Å². The summed E-state index contributed by atoms with van der Waals surface area (Å²) in [5.41, 5.74) is 7.05. The maximum atomic E-state index is 10.4. The number of hydrogen-bond acceptors (Lipinski definition) is 5. The summed E-state index contributed by atoms with van der Waals surface area (Å²) in [6, 6.07) is 7.12. The molecule has 0 atom stereocenters. The number of ether oxygens (including phenoxy) is 2. The SMILES string of the molecule is COc1cccc(OCCCNC(=O)O)c1-c1cc(N)n[nH]1. The van der Waals surface area contributed by atoms with Crippen LogP contribution in [-0.2, 0) is 0 Å². The van der Waals surface area contributed by atoms with Crippen LogP contribution in [0.3, 0.4) is 0 Å². The number of hydrogen-bond donors (Lipinski definition) is 4. The second-order valence-electron chi connectivity index (χ2n) is 4.47. The molecule has 0 aliphatic carbocycles. The average molecular weight is 306 g/mol. The van der Waals surface area contributed by atoms with Crippen LogP contribution in [0.25, 0.3) is 11.3 Å². The van der Waals surface area contributed by atoms with Crippen molar-refractivity contribution in [2.75, 3.05) is 26.0 Å². The van der Waals surface area contributed by atoms with Crippen molar-refractivity contribution in [3.8, 4) is 22.8 Å². The molecule has 0 radical (unpaired) electrons. The lowest BCUT2D eigenvalue weighted by atomic mass is 10.1. The normalized spacial score (nSPS) is 10.2. The Bertz CT molecular complexity index is 642. The van der Waals surface area contributed by atoms with E-state index in [4.69, 9.17) is 20.3 Å². The summed E-state index contributed by atoms with van der Waals surface area (Å²) in [6.45, 7) is 0.690. The molecule has 0 saturated heterocycles. The highest BCUT2D eigenvalue weighted by atomic mass is 16.5. The molecule has 0 aliphatic rings. The first kappa shape index (κ1) is 15.5. The Morgan fingerprint density at radius 2 is 2.23 bits per heavy atom. The second kappa shape index (κ2) is 7.21. The van der Waals surface area contributed by atoms with Crippen molar-refractivity contribution in [1.29, 1.82) is 0 Å². The van der Waals surface area contributed by atoms with Crippen molar-refractivity contribution in [3.05, 3.63) is 24.3 Å². The molecule has 22 heavy (non-hydrogen) atoms. The van der Waals surface area contributed by atoms with Crippen LogP contribution in [-0.4, -0.2) is 41.7 Å². The van der Waals surface area contributed by atoms with Crippen LogP contribution in [0.4, 0.5) is 10.6 Å². The number of nitrogens with two attached hydrogens (primary N) is 1. The van der Waals surface area contributed by atoms with Gasteiger partial charge in [-0.05, 0) is 18.6 Å². The zero-order chi connectivity index (χ0) is 15.9. The fourth-order valence-electron chi connectivity index (χ4n) is 1.98. The van der Waals surface area contributed by atoms with Gasteiger partial charge >= 0.3 is 6.09 Å². The number of benzene rings is 1. The Labute approximate surface area is 127 Å². The van der Waals surface area contributed by atoms with Gasteiger partial charge in [-0.1, -0.05) is 6.07 Å². The number of rotatable bonds is 7. The molecular weight excluding hydrogens is 288 g/mol. The topological polar surface area (TPSA) is 122 Å². The summed E-state index contributed by atoms with van der Waals surface area (Å²) in [7, 11) is 1.57. The largest absolute Gasteiger partial charge is 0.496 e. The zero-order valence-electron chi connectivity index (χ0n) is 12.1. The monoisotopic (exact) mass is 306 g/mol. The van der Waals surface area contributed by atoms with Crippen LogP contribution in [0, 0.1) is 0 Å². The highest BCUT2D eigenvalue weighted by Gasteiger charge is 2.15. The van der Waals surface area contributed by atoms with Crippen molar-refractivity contribution in [2.45, 2.75) is 6.42 Å². The Morgan fingerprint density at radius 3 is 2.86 bits per heavy atom. The van der Waals surface area contributed by atoms with Gasteiger partial charge in [-0.15, -0.1) is 0 Å². The van der Waals surface area contributed by atoms with Crippen LogP contribution < -0.4 is 20.5 Å². The molecule has 1 amide bonds.